The summed E-state index contributed by atoms with van der Waals surface area (Å²) in [5.41, 5.74) is 6.67. The lowest BCUT2D eigenvalue weighted by Gasteiger charge is -2.28. The minimum absolute atomic E-state index is 0.0481. The Hall–Kier alpha value is -1.16. The molecule has 90 valence electrons. The van der Waals surface area contributed by atoms with Gasteiger partial charge in [-0.15, -0.1) is 0 Å². The van der Waals surface area contributed by atoms with Crippen LogP contribution in [0.5, 0.6) is 0 Å². The Morgan fingerprint density at radius 3 is 2.44 bits per heavy atom. The molecule has 1 aromatic rings. The monoisotopic (exact) mass is 223 g/mol. The van der Waals surface area contributed by atoms with E-state index >= 15 is 0 Å². The highest BCUT2D eigenvalue weighted by Gasteiger charge is 2.29. The topological polar surface area (TPSA) is 61.0 Å². The highest BCUT2D eigenvalue weighted by Crippen LogP contribution is 2.33. The lowest BCUT2D eigenvalue weighted by Crippen LogP contribution is -2.23. The second kappa shape index (κ2) is 4.78. The third-order valence-electron chi connectivity index (χ3n) is 2.44. The Labute approximate surface area is 97.2 Å². The van der Waals surface area contributed by atoms with Crippen molar-refractivity contribution >= 4 is 5.82 Å². The van der Waals surface area contributed by atoms with Crippen molar-refractivity contribution in [1.82, 2.24) is 9.97 Å². The number of rotatable bonds is 3. The maximum Gasteiger partial charge on any atom is 0.160 e. The smallest absolute Gasteiger partial charge is 0.160 e. The van der Waals surface area contributed by atoms with E-state index in [0.29, 0.717) is 11.6 Å². The number of nitrogen functional groups attached to an aromatic ring is 1. The maximum absolute atomic E-state index is 5.76. The number of hydrogen-bond acceptors (Lipinski definition) is 4. The summed E-state index contributed by atoms with van der Waals surface area (Å²) in [7, 11) is 1.67. The molecule has 1 heterocycles. The van der Waals surface area contributed by atoms with E-state index in [1.54, 1.807) is 13.2 Å². The zero-order valence-corrected chi connectivity index (χ0v) is 10.7. The minimum atomic E-state index is -0.138. The third-order valence-corrected chi connectivity index (χ3v) is 2.44. The molecule has 0 spiro atoms. The molecule has 1 aromatic heterocycles. The zero-order chi connectivity index (χ0) is 12.3. The normalized spacial score (nSPS) is 13.8. The van der Waals surface area contributed by atoms with Crippen LogP contribution < -0.4 is 5.73 Å². The van der Waals surface area contributed by atoms with Crippen LogP contribution >= 0.6 is 0 Å². The van der Waals surface area contributed by atoms with E-state index < -0.39 is 0 Å². The van der Waals surface area contributed by atoms with E-state index in [0.717, 1.165) is 12.1 Å². The van der Waals surface area contributed by atoms with Crippen LogP contribution in [0.2, 0.25) is 0 Å². The van der Waals surface area contributed by atoms with Crippen molar-refractivity contribution < 1.29 is 4.74 Å². The molecular weight excluding hydrogens is 202 g/mol. The van der Waals surface area contributed by atoms with Gasteiger partial charge in [0.2, 0.25) is 0 Å². The first-order valence-electron chi connectivity index (χ1n) is 5.54. The highest BCUT2D eigenvalue weighted by molar-refractivity contribution is 5.30. The van der Waals surface area contributed by atoms with Gasteiger partial charge in [0, 0.05) is 18.9 Å². The highest BCUT2D eigenvalue weighted by atomic mass is 16.5. The van der Waals surface area contributed by atoms with Gasteiger partial charge < -0.3 is 10.5 Å². The Kier molecular flexibility index (Phi) is 3.86. The molecule has 0 amide bonds. The van der Waals surface area contributed by atoms with Crippen LogP contribution in [0.3, 0.4) is 0 Å². The molecule has 0 aliphatic rings. The van der Waals surface area contributed by atoms with Crippen LogP contribution in [0.25, 0.3) is 0 Å². The Morgan fingerprint density at radius 2 is 2.00 bits per heavy atom. The summed E-state index contributed by atoms with van der Waals surface area (Å²) in [5.74, 6) is 1.18. The van der Waals surface area contributed by atoms with Gasteiger partial charge in [-0.25, -0.2) is 9.97 Å². The third kappa shape index (κ3) is 2.92. The summed E-state index contributed by atoms with van der Waals surface area (Å²) in [6, 6.07) is 1.80. The van der Waals surface area contributed by atoms with Crippen LogP contribution in [0.1, 0.15) is 45.3 Å². The summed E-state index contributed by atoms with van der Waals surface area (Å²) >= 11 is 0. The second-order valence-corrected chi connectivity index (χ2v) is 4.98. The summed E-state index contributed by atoms with van der Waals surface area (Å²) in [6.45, 7) is 8.34. The van der Waals surface area contributed by atoms with Crippen molar-refractivity contribution in [2.75, 3.05) is 12.8 Å². The quantitative estimate of drug-likeness (QED) is 0.854. The predicted octanol–water partition coefficient (Wildman–Crippen LogP) is 2.35. The van der Waals surface area contributed by atoms with E-state index in [9.17, 15) is 0 Å². The molecule has 0 radical (unpaired) electrons. The number of nitrogens with zero attached hydrogens (tertiary/aromatic N) is 2. The lowest BCUT2D eigenvalue weighted by molar-refractivity contribution is 0.00863. The molecule has 1 unspecified atom stereocenters. The van der Waals surface area contributed by atoms with E-state index in [1.165, 1.54) is 0 Å². The Morgan fingerprint density at radius 1 is 1.38 bits per heavy atom. The van der Waals surface area contributed by atoms with Gasteiger partial charge in [-0.2, -0.15) is 0 Å². The number of aromatic nitrogens is 2. The predicted molar refractivity (Wildman–Crippen MR) is 65.0 cm³/mol. The number of methoxy groups -OCH3 is 1. The average molecular weight is 223 g/mol. The molecule has 0 saturated heterocycles. The van der Waals surface area contributed by atoms with E-state index in [-0.39, 0.29) is 11.5 Å². The SMILES string of the molecule is CCc1cc(N)nc(C(OC)C(C)(C)C)n1. The van der Waals surface area contributed by atoms with Crippen LogP contribution in [0, 0.1) is 5.41 Å². The molecule has 4 heteroatoms. The van der Waals surface area contributed by atoms with E-state index in [1.807, 2.05) is 6.92 Å². The first-order chi connectivity index (χ1) is 7.38. The molecule has 0 aromatic carbocycles. The Bertz CT molecular complexity index is 358. The van der Waals surface area contributed by atoms with E-state index in [4.69, 9.17) is 10.5 Å². The molecule has 0 fully saturated rings. The minimum Gasteiger partial charge on any atom is -0.384 e. The molecule has 0 aliphatic heterocycles. The van der Waals surface area contributed by atoms with Crippen LogP contribution in [0.4, 0.5) is 5.82 Å². The molecule has 0 aliphatic carbocycles. The zero-order valence-electron chi connectivity index (χ0n) is 10.7. The van der Waals surface area contributed by atoms with Crippen molar-refractivity contribution in [2.24, 2.45) is 5.41 Å². The van der Waals surface area contributed by atoms with E-state index in [2.05, 4.69) is 30.7 Å². The molecule has 2 N–H and O–H groups in total. The molecule has 16 heavy (non-hydrogen) atoms. The first-order valence-corrected chi connectivity index (χ1v) is 5.54. The summed E-state index contributed by atoms with van der Waals surface area (Å²) in [6.07, 6.45) is 0.710. The van der Waals surface area contributed by atoms with Crippen LogP contribution in [-0.2, 0) is 11.2 Å². The van der Waals surface area contributed by atoms with Crippen LogP contribution in [-0.4, -0.2) is 17.1 Å². The average Bonchev–Trinajstić information content (AvgIpc) is 2.15. The number of aryl methyl sites for hydroxylation is 1. The number of anilines is 1. The summed E-state index contributed by atoms with van der Waals surface area (Å²) in [5, 5.41) is 0. The van der Waals surface area contributed by atoms with Crippen molar-refractivity contribution in [3.63, 3.8) is 0 Å². The molecule has 4 nitrogen and oxygen atoms in total. The van der Waals surface area contributed by atoms with Gasteiger partial charge in [0.1, 0.15) is 11.9 Å². The van der Waals surface area contributed by atoms with Crippen molar-refractivity contribution in [2.45, 2.75) is 40.2 Å². The maximum atomic E-state index is 5.76. The number of nitrogens with two attached hydrogens (primary N) is 1. The molecular formula is C12H21N3O. The summed E-state index contributed by atoms with van der Waals surface area (Å²) in [4.78, 5) is 8.73. The van der Waals surface area contributed by atoms with Gasteiger partial charge in [0.05, 0.1) is 0 Å². The van der Waals surface area contributed by atoms with Crippen molar-refractivity contribution in [3.8, 4) is 0 Å². The van der Waals surface area contributed by atoms with Gasteiger partial charge >= 0.3 is 0 Å². The fraction of sp³-hybridized carbons (Fsp3) is 0.667. The standard InChI is InChI=1S/C12H21N3O/c1-6-8-7-9(13)15-11(14-8)10(16-5)12(2,3)4/h7,10H,6H2,1-5H3,(H2,13,14,15). The molecule has 1 atom stereocenters. The largest absolute Gasteiger partial charge is 0.384 e. The van der Waals surface area contributed by atoms with Gasteiger partial charge in [-0.1, -0.05) is 27.7 Å². The van der Waals surface area contributed by atoms with Gasteiger partial charge in [0.25, 0.3) is 0 Å². The van der Waals surface area contributed by atoms with Crippen molar-refractivity contribution in [3.05, 3.63) is 17.6 Å². The lowest BCUT2D eigenvalue weighted by atomic mass is 9.88. The number of ether oxygens (including phenoxy) is 1. The van der Waals surface area contributed by atoms with Gasteiger partial charge in [-0.05, 0) is 11.8 Å². The molecule has 0 saturated carbocycles. The fourth-order valence-electron chi connectivity index (χ4n) is 1.68. The molecule has 0 bridgehead atoms. The van der Waals surface area contributed by atoms with Crippen LogP contribution in [0.15, 0.2) is 6.07 Å². The first kappa shape index (κ1) is 12.9. The summed E-state index contributed by atoms with van der Waals surface area (Å²) < 4.78 is 5.47. The van der Waals surface area contributed by atoms with Crippen molar-refractivity contribution in [1.29, 1.82) is 0 Å². The second-order valence-electron chi connectivity index (χ2n) is 4.98. The fourth-order valence-corrected chi connectivity index (χ4v) is 1.68. The van der Waals surface area contributed by atoms with Gasteiger partial charge in [-0.3, -0.25) is 0 Å². The number of hydrogen-bond donors (Lipinski definition) is 1. The molecule has 1 rings (SSSR count). The Balaban J connectivity index is 3.15. The van der Waals surface area contributed by atoms with Gasteiger partial charge in [0.15, 0.2) is 5.82 Å².